The first-order valence-corrected chi connectivity index (χ1v) is 5.45. The zero-order valence-electron chi connectivity index (χ0n) is 10.2. The van der Waals surface area contributed by atoms with E-state index in [4.69, 9.17) is 9.84 Å². The maximum atomic E-state index is 10.4. The minimum Gasteiger partial charge on any atom is -0.481 e. The number of carboxylic acid groups (broad SMARTS) is 1. The van der Waals surface area contributed by atoms with E-state index in [-0.39, 0.29) is 6.42 Å². The minimum atomic E-state index is -0.724. The third-order valence-corrected chi connectivity index (χ3v) is 2.44. The molecule has 0 aliphatic heterocycles. The van der Waals surface area contributed by atoms with Crippen molar-refractivity contribution in [1.82, 2.24) is 4.90 Å². The Morgan fingerprint density at radius 2 is 2.00 bits per heavy atom. The van der Waals surface area contributed by atoms with Gasteiger partial charge in [0.1, 0.15) is 0 Å². The van der Waals surface area contributed by atoms with Crippen LogP contribution in [-0.2, 0) is 9.53 Å². The highest BCUT2D eigenvalue weighted by molar-refractivity contribution is 5.66. The van der Waals surface area contributed by atoms with Gasteiger partial charge in [-0.05, 0) is 33.7 Å². The van der Waals surface area contributed by atoms with E-state index < -0.39 is 5.97 Å². The van der Waals surface area contributed by atoms with Crippen molar-refractivity contribution in [2.75, 3.05) is 20.3 Å². The second kappa shape index (κ2) is 7.65. The maximum Gasteiger partial charge on any atom is 0.303 e. The van der Waals surface area contributed by atoms with Crippen LogP contribution in [0.4, 0.5) is 0 Å². The van der Waals surface area contributed by atoms with Crippen molar-refractivity contribution in [1.29, 1.82) is 0 Å². The lowest BCUT2D eigenvalue weighted by atomic mass is 10.2. The van der Waals surface area contributed by atoms with Crippen molar-refractivity contribution in [3.63, 3.8) is 0 Å². The highest BCUT2D eigenvalue weighted by atomic mass is 16.5. The molecule has 0 fully saturated rings. The van der Waals surface area contributed by atoms with Crippen LogP contribution >= 0.6 is 0 Å². The standard InChI is InChI=1S/C11H23NO3/c1-9(2)12(10(3)8-15-4)7-5-6-11(13)14/h9-10H,5-8H2,1-4H3,(H,13,14). The summed E-state index contributed by atoms with van der Waals surface area (Å²) in [5, 5.41) is 8.56. The Labute approximate surface area is 92.2 Å². The molecular formula is C11H23NO3. The average Bonchev–Trinajstić information content (AvgIpc) is 2.11. The first kappa shape index (κ1) is 14.4. The molecular weight excluding hydrogens is 194 g/mol. The van der Waals surface area contributed by atoms with E-state index in [1.165, 1.54) is 0 Å². The zero-order chi connectivity index (χ0) is 11.8. The Morgan fingerprint density at radius 1 is 1.40 bits per heavy atom. The van der Waals surface area contributed by atoms with Crippen LogP contribution in [0.5, 0.6) is 0 Å². The molecule has 0 saturated heterocycles. The van der Waals surface area contributed by atoms with Crippen LogP contribution in [0.15, 0.2) is 0 Å². The Hall–Kier alpha value is -0.610. The van der Waals surface area contributed by atoms with E-state index in [2.05, 4.69) is 25.7 Å². The van der Waals surface area contributed by atoms with Crippen molar-refractivity contribution in [3.05, 3.63) is 0 Å². The number of hydrogen-bond donors (Lipinski definition) is 1. The fourth-order valence-electron chi connectivity index (χ4n) is 1.74. The Bertz CT molecular complexity index is 183. The van der Waals surface area contributed by atoms with Gasteiger partial charge in [0, 0.05) is 25.6 Å². The van der Waals surface area contributed by atoms with Crippen molar-refractivity contribution < 1.29 is 14.6 Å². The van der Waals surface area contributed by atoms with E-state index in [0.29, 0.717) is 25.1 Å². The van der Waals surface area contributed by atoms with Gasteiger partial charge in [-0.15, -0.1) is 0 Å². The summed E-state index contributed by atoms with van der Waals surface area (Å²) in [7, 11) is 1.69. The summed E-state index contributed by atoms with van der Waals surface area (Å²) >= 11 is 0. The molecule has 90 valence electrons. The van der Waals surface area contributed by atoms with Gasteiger partial charge in [0.05, 0.1) is 6.61 Å². The molecule has 1 N–H and O–H groups in total. The molecule has 0 heterocycles. The van der Waals surface area contributed by atoms with Crippen LogP contribution in [0.2, 0.25) is 0 Å². The number of carbonyl (C=O) groups is 1. The quantitative estimate of drug-likeness (QED) is 0.671. The highest BCUT2D eigenvalue weighted by Crippen LogP contribution is 2.07. The minimum absolute atomic E-state index is 0.239. The Balaban J connectivity index is 3.98. The zero-order valence-corrected chi connectivity index (χ0v) is 10.2. The molecule has 0 rings (SSSR count). The summed E-state index contributed by atoms with van der Waals surface area (Å²) in [6, 6.07) is 0.757. The van der Waals surface area contributed by atoms with Gasteiger partial charge < -0.3 is 9.84 Å². The SMILES string of the molecule is COCC(C)N(CCCC(=O)O)C(C)C. The van der Waals surface area contributed by atoms with Gasteiger partial charge in [-0.3, -0.25) is 9.69 Å². The molecule has 0 aromatic carbocycles. The van der Waals surface area contributed by atoms with Gasteiger partial charge in [-0.1, -0.05) is 0 Å². The van der Waals surface area contributed by atoms with Gasteiger partial charge in [-0.25, -0.2) is 0 Å². The monoisotopic (exact) mass is 217 g/mol. The summed E-state index contributed by atoms with van der Waals surface area (Å²) in [6.45, 7) is 7.84. The first-order chi connectivity index (χ1) is 6.99. The van der Waals surface area contributed by atoms with Gasteiger partial charge in [0.2, 0.25) is 0 Å². The van der Waals surface area contributed by atoms with E-state index in [1.54, 1.807) is 7.11 Å². The van der Waals surface area contributed by atoms with E-state index >= 15 is 0 Å². The van der Waals surface area contributed by atoms with E-state index in [0.717, 1.165) is 6.54 Å². The van der Waals surface area contributed by atoms with Crippen molar-refractivity contribution in [3.8, 4) is 0 Å². The van der Waals surface area contributed by atoms with Crippen molar-refractivity contribution >= 4 is 5.97 Å². The predicted molar refractivity (Wildman–Crippen MR) is 60.0 cm³/mol. The topological polar surface area (TPSA) is 49.8 Å². The average molecular weight is 217 g/mol. The van der Waals surface area contributed by atoms with Crippen molar-refractivity contribution in [2.45, 2.75) is 45.7 Å². The van der Waals surface area contributed by atoms with Gasteiger partial charge >= 0.3 is 5.97 Å². The lowest BCUT2D eigenvalue weighted by Crippen LogP contribution is -2.41. The molecule has 4 heteroatoms. The molecule has 0 bridgehead atoms. The molecule has 0 aromatic heterocycles. The number of hydrogen-bond acceptors (Lipinski definition) is 3. The number of aliphatic carboxylic acids is 1. The normalized spacial score (nSPS) is 13.5. The second-order valence-corrected chi connectivity index (χ2v) is 4.13. The Kier molecular flexibility index (Phi) is 7.34. The van der Waals surface area contributed by atoms with Crippen LogP contribution in [0, 0.1) is 0 Å². The molecule has 0 amide bonds. The van der Waals surface area contributed by atoms with Crippen LogP contribution in [0.25, 0.3) is 0 Å². The number of nitrogens with zero attached hydrogens (tertiary/aromatic N) is 1. The third kappa shape index (κ3) is 6.47. The van der Waals surface area contributed by atoms with E-state index in [9.17, 15) is 4.79 Å². The molecule has 1 atom stereocenters. The molecule has 0 spiro atoms. The lowest BCUT2D eigenvalue weighted by molar-refractivity contribution is -0.137. The number of methoxy groups -OCH3 is 1. The summed E-state index contributed by atoms with van der Waals surface area (Å²) in [5.41, 5.74) is 0. The van der Waals surface area contributed by atoms with Crippen LogP contribution in [0.3, 0.4) is 0 Å². The molecule has 0 aromatic rings. The molecule has 0 aliphatic rings. The third-order valence-electron chi connectivity index (χ3n) is 2.44. The van der Waals surface area contributed by atoms with Crippen molar-refractivity contribution in [2.24, 2.45) is 0 Å². The summed E-state index contributed by atoms with van der Waals surface area (Å²) < 4.78 is 5.10. The van der Waals surface area contributed by atoms with Gasteiger partial charge in [0.15, 0.2) is 0 Å². The fourth-order valence-corrected chi connectivity index (χ4v) is 1.74. The van der Waals surface area contributed by atoms with Crippen LogP contribution in [-0.4, -0.2) is 48.3 Å². The van der Waals surface area contributed by atoms with Gasteiger partial charge in [-0.2, -0.15) is 0 Å². The molecule has 0 saturated carbocycles. The smallest absolute Gasteiger partial charge is 0.303 e. The lowest BCUT2D eigenvalue weighted by Gasteiger charge is -2.32. The number of rotatable bonds is 8. The number of carboxylic acids is 1. The van der Waals surface area contributed by atoms with Crippen LogP contribution in [0.1, 0.15) is 33.6 Å². The van der Waals surface area contributed by atoms with E-state index in [1.807, 2.05) is 0 Å². The predicted octanol–water partition coefficient (Wildman–Crippen LogP) is 1.60. The largest absolute Gasteiger partial charge is 0.481 e. The highest BCUT2D eigenvalue weighted by Gasteiger charge is 2.16. The maximum absolute atomic E-state index is 10.4. The Morgan fingerprint density at radius 3 is 2.40 bits per heavy atom. The molecule has 0 aliphatic carbocycles. The summed E-state index contributed by atoms with van der Waals surface area (Å²) in [4.78, 5) is 12.7. The van der Waals surface area contributed by atoms with Gasteiger partial charge in [0.25, 0.3) is 0 Å². The molecule has 15 heavy (non-hydrogen) atoms. The van der Waals surface area contributed by atoms with Crippen LogP contribution < -0.4 is 0 Å². The number of ether oxygens (including phenoxy) is 1. The molecule has 4 nitrogen and oxygen atoms in total. The summed E-state index contributed by atoms with van der Waals surface area (Å²) in [5.74, 6) is -0.724. The first-order valence-electron chi connectivity index (χ1n) is 5.45. The molecule has 1 unspecified atom stereocenters. The fraction of sp³-hybridized carbons (Fsp3) is 0.909. The second-order valence-electron chi connectivity index (χ2n) is 4.13. The molecule has 0 radical (unpaired) electrons. The summed E-state index contributed by atoms with van der Waals surface area (Å²) in [6.07, 6.45) is 0.935.